The van der Waals surface area contributed by atoms with E-state index < -0.39 is 0 Å². The lowest BCUT2D eigenvalue weighted by Crippen LogP contribution is -2.12. The zero-order valence-corrected chi connectivity index (χ0v) is 13.7. The molecular weight excluding hydrogens is 272 g/mol. The van der Waals surface area contributed by atoms with Crippen molar-refractivity contribution < 1.29 is 8.83 Å². The van der Waals surface area contributed by atoms with Crippen LogP contribution in [0.15, 0.2) is 56.9 Å². The number of hydrogen-bond donors (Lipinski definition) is 0. The molecule has 22 heavy (non-hydrogen) atoms. The molecule has 0 saturated carbocycles. The van der Waals surface area contributed by atoms with Crippen molar-refractivity contribution in [1.82, 2.24) is 0 Å². The Morgan fingerprint density at radius 1 is 1.09 bits per heavy atom. The monoisotopic (exact) mass is 296 g/mol. The molecule has 2 nitrogen and oxygen atoms in total. The van der Waals surface area contributed by atoms with Crippen molar-refractivity contribution in [2.24, 2.45) is 5.92 Å². The zero-order valence-electron chi connectivity index (χ0n) is 13.7. The summed E-state index contributed by atoms with van der Waals surface area (Å²) in [5.41, 5.74) is 2.69. The highest BCUT2D eigenvalue weighted by Gasteiger charge is 2.28. The summed E-state index contributed by atoms with van der Waals surface area (Å²) in [6.07, 6.45) is 5.67. The third-order valence-electron chi connectivity index (χ3n) is 4.61. The second-order valence-electron chi connectivity index (χ2n) is 6.43. The third kappa shape index (κ3) is 2.96. The lowest BCUT2D eigenvalue weighted by Gasteiger charge is -2.25. The normalized spacial score (nSPS) is 18.5. The fourth-order valence-corrected chi connectivity index (χ4v) is 3.29. The van der Waals surface area contributed by atoms with E-state index in [1.54, 1.807) is 0 Å². The van der Waals surface area contributed by atoms with Gasteiger partial charge in [0.1, 0.15) is 23.0 Å². The van der Waals surface area contributed by atoms with Gasteiger partial charge in [-0.2, -0.15) is 0 Å². The Labute approximate surface area is 132 Å². The van der Waals surface area contributed by atoms with E-state index >= 15 is 0 Å². The van der Waals surface area contributed by atoms with Gasteiger partial charge in [0, 0.05) is 0 Å². The van der Waals surface area contributed by atoms with Gasteiger partial charge in [-0.15, -0.1) is 0 Å². The fourth-order valence-electron chi connectivity index (χ4n) is 3.29. The van der Waals surface area contributed by atoms with Gasteiger partial charge in [-0.25, -0.2) is 0 Å². The molecule has 0 bridgehead atoms. The second-order valence-corrected chi connectivity index (χ2v) is 6.43. The van der Waals surface area contributed by atoms with E-state index in [1.807, 2.05) is 26.0 Å². The van der Waals surface area contributed by atoms with Crippen LogP contribution in [-0.4, -0.2) is 0 Å². The maximum absolute atomic E-state index is 5.92. The maximum Gasteiger partial charge on any atom is 0.118 e. The van der Waals surface area contributed by atoms with Gasteiger partial charge in [0.25, 0.3) is 0 Å². The van der Waals surface area contributed by atoms with E-state index in [4.69, 9.17) is 8.83 Å². The highest BCUT2D eigenvalue weighted by molar-refractivity contribution is 5.34. The van der Waals surface area contributed by atoms with Gasteiger partial charge in [-0.05, 0) is 70.2 Å². The molecular formula is C20H24O2. The van der Waals surface area contributed by atoms with E-state index in [0.717, 1.165) is 42.3 Å². The van der Waals surface area contributed by atoms with Crippen LogP contribution in [0.4, 0.5) is 0 Å². The lowest BCUT2D eigenvalue weighted by atomic mass is 9.80. The number of furan rings is 2. The molecule has 0 aliphatic heterocycles. The Balaban J connectivity index is 1.94. The van der Waals surface area contributed by atoms with Crippen molar-refractivity contribution in [2.45, 2.75) is 46.0 Å². The average Bonchev–Trinajstić information content (AvgIpc) is 3.09. The first kappa shape index (κ1) is 15.0. The van der Waals surface area contributed by atoms with Gasteiger partial charge in [-0.3, -0.25) is 0 Å². The van der Waals surface area contributed by atoms with Gasteiger partial charge in [0.05, 0.1) is 5.92 Å². The molecule has 0 radical (unpaired) electrons. The van der Waals surface area contributed by atoms with E-state index in [9.17, 15) is 0 Å². The summed E-state index contributed by atoms with van der Waals surface area (Å²) >= 11 is 0. The molecule has 0 N–H and O–H groups in total. The predicted molar refractivity (Wildman–Crippen MR) is 89.0 cm³/mol. The number of rotatable bonds is 4. The van der Waals surface area contributed by atoms with Gasteiger partial charge in [-0.1, -0.05) is 23.8 Å². The van der Waals surface area contributed by atoms with Crippen molar-refractivity contribution in [2.75, 3.05) is 0 Å². The molecule has 2 aromatic rings. The standard InChI is InChI=1S/C20H24O2/c1-13(2)16-7-9-17(10-8-16)20(18-11-5-14(3)21-18)19-12-6-15(4)22-19/h5-6,9,11-12,16,20H,1,7-8,10H2,2-4H3/t16-/m1/s1. The Bertz CT molecular complexity index is 659. The largest absolute Gasteiger partial charge is 0.465 e. The van der Waals surface area contributed by atoms with Gasteiger partial charge >= 0.3 is 0 Å². The highest BCUT2D eigenvalue weighted by atomic mass is 16.4. The van der Waals surface area contributed by atoms with Crippen LogP contribution in [-0.2, 0) is 0 Å². The minimum Gasteiger partial charge on any atom is -0.465 e. The molecule has 2 heteroatoms. The molecule has 0 spiro atoms. The number of aryl methyl sites for hydroxylation is 2. The van der Waals surface area contributed by atoms with Gasteiger partial charge in [0.2, 0.25) is 0 Å². The Hall–Kier alpha value is -1.96. The summed E-state index contributed by atoms with van der Waals surface area (Å²) in [7, 11) is 0. The SMILES string of the molecule is C=C(C)[C@@H]1CC=C(C(c2ccc(C)o2)c2ccc(C)o2)CC1. The zero-order chi connectivity index (χ0) is 15.7. The number of allylic oxidation sites excluding steroid dienone is 3. The fraction of sp³-hybridized carbons (Fsp3) is 0.400. The molecule has 2 heterocycles. The summed E-state index contributed by atoms with van der Waals surface area (Å²) in [5.74, 6) is 4.56. The average molecular weight is 296 g/mol. The molecule has 1 atom stereocenters. The van der Waals surface area contributed by atoms with E-state index in [1.165, 1.54) is 11.1 Å². The summed E-state index contributed by atoms with van der Waals surface area (Å²) in [6, 6.07) is 8.20. The summed E-state index contributed by atoms with van der Waals surface area (Å²) in [4.78, 5) is 0. The minimum atomic E-state index is 0.105. The van der Waals surface area contributed by atoms with Crippen LogP contribution in [0.1, 0.15) is 55.1 Å². The van der Waals surface area contributed by atoms with Crippen molar-refractivity contribution in [3.8, 4) is 0 Å². The molecule has 116 valence electrons. The summed E-state index contributed by atoms with van der Waals surface area (Å²) in [6.45, 7) is 10.2. The van der Waals surface area contributed by atoms with Crippen molar-refractivity contribution >= 4 is 0 Å². The van der Waals surface area contributed by atoms with E-state index in [2.05, 4.69) is 31.7 Å². The van der Waals surface area contributed by atoms with Crippen LogP contribution in [0.25, 0.3) is 0 Å². The number of hydrogen-bond acceptors (Lipinski definition) is 2. The molecule has 0 saturated heterocycles. The predicted octanol–water partition coefficient (Wildman–Crippen LogP) is 5.92. The van der Waals surface area contributed by atoms with Crippen molar-refractivity contribution in [3.05, 3.63) is 71.1 Å². The smallest absolute Gasteiger partial charge is 0.118 e. The first-order valence-corrected chi connectivity index (χ1v) is 8.01. The van der Waals surface area contributed by atoms with Crippen molar-refractivity contribution in [3.63, 3.8) is 0 Å². The van der Waals surface area contributed by atoms with Crippen molar-refractivity contribution in [1.29, 1.82) is 0 Å². The Morgan fingerprint density at radius 2 is 1.68 bits per heavy atom. The molecule has 2 aromatic heterocycles. The molecule has 0 unspecified atom stereocenters. The second kappa shape index (κ2) is 6.04. The Morgan fingerprint density at radius 3 is 2.05 bits per heavy atom. The topological polar surface area (TPSA) is 26.3 Å². The molecule has 0 fully saturated rings. The highest BCUT2D eigenvalue weighted by Crippen LogP contribution is 2.40. The molecule has 1 aliphatic rings. The van der Waals surface area contributed by atoms with E-state index in [-0.39, 0.29) is 5.92 Å². The first-order valence-electron chi connectivity index (χ1n) is 8.01. The Kier molecular flexibility index (Phi) is 4.10. The van der Waals surface area contributed by atoms with Crippen LogP contribution in [0.5, 0.6) is 0 Å². The van der Waals surface area contributed by atoms with Crippen LogP contribution in [0, 0.1) is 19.8 Å². The maximum atomic E-state index is 5.92. The minimum absolute atomic E-state index is 0.105. The first-order chi connectivity index (χ1) is 10.5. The quantitative estimate of drug-likeness (QED) is 0.654. The molecule has 3 rings (SSSR count). The molecule has 0 aromatic carbocycles. The van der Waals surface area contributed by atoms with Gasteiger partial charge in [0.15, 0.2) is 0 Å². The van der Waals surface area contributed by atoms with Crippen LogP contribution in [0.2, 0.25) is 0 Å². The van der Waals surface area contributed by atoms with Gasteiger partial charge < -0.3 is 8.83 Å². The van der Waals surface area contributed by atoms with Crippen LogP contribution >= 0.6 is 0 Å². The van der Waals surface area contributed by atoms with E-state index in [0.29, 0.717) is 5.92 Å². The van der Waals surface area contributed by atoms with Crippen LogP contribution < -0.4 is 0 Å². The third-order valence-corrected chi connectivity index (χ3v) is 4.61. The molecule has 1 aliphatic carbocycles. The van der Waals surface area contributed by atoms with Crippen LogP contribution in [0.3, 0.4) is 0 Å². The molecule has 0 amide bonds. The lowest BCUT2D eigenvalue weighted by molar-refractivity contribution is 0.413. The summed E-state index contributed by atoms with van der Waals surface area (Å²) in [5, 5.41) is 0. The summed E-state index contributed by atoms with van der Waals surface area (Å²) < 4.78 is 11.8.